The van der Waals surface area contributed by atoms with E-state index in [1.165, 1.54) is 5.57 Å². The highest BCUT2D eigenvalue weighted by atomic mass is 16.5. The molecule has 0 saturated heterocycles. The molecule has 4 heteroatoms. The van der Waals surface area contributed by atoms with Gasteiger partial charge in [-0.15, -0.1) is 0 Å². The number of carbonyl (C=O) groups is 2. The van der Waals surface area contributed by atoms with Crippen LogP contribution in [0.15, 0.2) is 23.8 Å². The minimum absolute atomic E-state index is 0. The van der Waals surface area contributed by atoms with Crippen molar-refractivity contribution in [1.82, 2.24) is 0 Å². The number of hydrogen-bond acceptors (Lipinski definition) is 4. The zero-order valence-corrected chi connectivity index (χ0v) is 18.9. The molecule has 4 rings (SSSR count). The van der Waals surface area contributed by atoms with Gasteiger partial charge < -0.3 is 9.84 Å². The third-order valence-electron chi connectivity index (χ3n) is 8.64. The molecule has 0 heterocycles. The summed E-state index contributed by atoms with van der Waals surface area (Å²) in [6, 6.07) is 0. The monoisotopic (exact) mass is 418 g/mol. The van der Waals surface area contributed by atoms with Crippen LogP contribution in [0.5, 0.6) is 0 Å². The Hall–Kier alpha value is -1.26. The first-order valence-electron chi connectivity index (χ1n) is 11.4. The van der Waals surface area contributed by atoms with Gasteiger partial charge in [-0.1, -0.05) is 53.7 Å². The summed E-state index contributed by atoms with van der Waals surface area (Å²) >= 11 is 0. The molecule has 0 aromatic rings. The molecule has 4 aliphatic carbocycles. The predicted octanol–water partition coefficient (Wildman–Crippen LogP) is 5.01. The lowest BCUT2D eigenvalue weighted by atomic mass is 9.45. The number of rotatable bonds is 3. The van der Waals surface area contributed by atoms with Crippen LogP contribution >= 0.6 is 0 Å². The number of fused-ring (bicyclic) bond motifs is 5. The molecule has 0 amide bonds. The van der Waals surface area contributed by atoms with Gasteiger partial charge in [0.1, 0.15) is 6.61 Å². The molecule has 30 heavy (non-hydrogen) atoms. The van der Waals surface area contributed by atoms with Gasteiger partial charge >= 0.3 is 0 Å². The highest BCUT2D eigenvalue weighted by Gasteiger charge is 2.63. The zero-order valence-electron chi connectivity index (χ0n) is 18.9. The van der Waals surface area contributed by atoms with Crippen molar-refractivity contribution < 1.29 is 19.4 Å². The van der Waals surface area contributed by atoms with Crippen LogP contribution in [-0.4, -0.2) is 36.5 Å². The number of ether oxygens (including phenoxy) is 1. The zero-order chi connectivity index (χ0) is 21.6. The summed E-state index contributed by atoms with van der Waals surface area (Å²) in [5.74, 6) is 1.66. The van der Waals surface area contributed by atoms with Crippen LogP contribution < -0.4 is 0 Å². The van der Waals surface area contributed by atoms with Crippen LogP contribution in [0.4, 0.5) is 0 Å². The van der Waals surface area contributed by atoms with Crippen LogP contribution in [0.3, 0.4) is 0 Å². The second kappa shape index (κ2) is 9.08. The first-order valence-corrected chi connectivity index (χ1v) is 11.4. The third kappa shape index (κ3) is 3.54. The maximum atomic E-state index is 12.5. The first-order chi connectivity index (χ1) is 13.8. The van der Waals surface area contributed by atoms with Gasteiger partial charge in [0.25, 0.3) is 0 Å². The molecular weight excluding hydrogens is 376 g/mol. The Morgan fingerprint density at radius 1 is 1.27 bits per heavy atom. The average molecular weight is 419 g/mol. The molecule has 0 radical (unpaired) electrons. The fourth-order valence-electron chi connectivity index (χ4n) is 7.58. The summed E-state index contributed by atoms with van der Waals surface area (Å²) < 4.78 is 6.05. The van der Waals surface area contributed by atoms with Gasteiger partial charge in [-0.05, 0) is 61.0 Å². The van der Waals surface area contributed by atoms with E-state index in [-0.39, 0.29) is 48.5 Å². The Balaban J connectivity index is 0.00000104. The van der Waals surface area contributed by atoms with E-state index in [0.717, 1.165) is 25.7 Å². The van der Waals surface area contributed by atoms with E-state index >= 15 is 0 Å². The average Bonchev–Trinajstić information content (AvgIpc) is 3.06. The molecule has 0 spiro atoms. The Labute approximate surface area is 183 Å². The van der Waals surface area contributed by atoms with Gasteiger partial charge in [0.05, 0.1) is 6.10 Å². The molecule has 0 aromatic heterocycles. The van der Waals surface area contributed by atoms with Crippen LogP contribution in [0.25, 0.3) is 0 Å². The Morgan fingerprint density at radius 2 is 1.93 bits per heavy atom. The standard InChI is InChI=1S/C23H32O4.C2H6.CH4/c1-13-9-15-16-5-6-17(19(26)12-24)23(16,3)11-20(27-4)21(15)22(2)8-7-14(25)10-18(13)22;1-2;/h7-8,10,13,15-17,20-21,24H,5-6,9,11-12H2,1-4H3;1-2H3;1H4/t13-,15?,16?,17?,20?,21+,22?,23?;;/m0../s1. The van der Waals surface area contributed by atoms with E-state index in [2.05, 4.69) is 26.8 Å². The van der Waals surface area contributed by atoms with Gasteiger partial charge in [-0.3, -0.25) is 9.59 Å². The van der Waals surface area contributed by atoms with Gasteiger partial charge in [0.15, 0.2) is 11.6 Å². The summed E-state index contributed by atoms with van der Waals surface area (Å²) in [5.41, 5.74) is 0.993. The highest BCUT2D eigenvalue weighted by molar-refractivity contribution is 6.01. The summed E-state index contributed by atoms with van der Waals surface area (Å²) in [5, 5.41) is 9.49. The van der Waals surface area contributed by atoms with E-state index in [0.29, 0.717) is 23.7 Å². The normalized spacial score (nSPS) is 43.8. The summed E-state index contributed by atoms with van der Waals surface area (Å²) in [6.07, 6.45) is 9.59. The number of allylic oxidation sites excluding steroid dienone is 4. The number of carbonyl (C=O) groups excluding carboxylic acids is 2. The quantitative estimate of drug-likeness (QED) is 0.700. The molecule has 3 saturated carbocycles. The third-order valence-corrected chi connectivity index (χ3v) is 8.64. The lowest BCUT2D eigenvalue weighted by Gasteiger charge is -2.60. The van der Waals surface area contributed by atoms with Crippen LogP contribution in [-0.2, 0) is 14.3 Å². The van der Waals surface area contributed by atoms with Crippen molar-refractivity contribution in [3.05, 3.63) is 23.8 Å². The number of methoxy groups -OCH3 is 1. The summed E-state index contributed by atoms with van der Waals surface area (Å²) in [4.78, 5) is 24.5. The van der Waals surface area contributed by atoms with E-state index in [1.54, 1.807) is 13.2 Å². The van der Waals surface area contributed by atoms with Gasteiger partial charge in [-0.2, -0.15) is 0 Å². The maximum absolute atomic E-state index is 12.5. The number of Topliss-reactive ketones (excluding diaryl/α,β-unsaturated/α-hetero) is 1. The number of ketones is 2. The smallest absolute Gasteiger partial charge is 0.178 e. The molecule has 3 fully saturated rings. The van der Waals surface area contributed by atoms with Crippen molar-refractivity contribution in [3.63, 3.8) is 0 Å². The topological polar surface area (TPSA) is 63.6 Å². The van der Waals surface area contributed by atoms with Crippen molar-refractivity contribution in [2.45, 2.75) is 73.8 Å². The summed E-state index contributed by atoms with van der Waals surface area (Å²) in [6.45, 7) is 10.4. The van der Waals surface area contributed by atoms with Crippen LogP contribution in [0, 0.1) is 40.4 Å². The van der Waals surface area contributed by atoms with Crippen molar-refractivity contribution in [2.24, 2.45) is 40.4 Å². The Bertz CT molecular complexity index is 723. The first kappa shape index (κ1) is 25.0. The Morgan fingerprint density at radius 3 is 2.53 bits per heavy atom. The van der Waals surface area contributed by atoms with Crippen molar-refractivity contribution >= 4 is 11.6 Å². The fourth-order valence-corrected chi connectivity index (χ4v) is 7.58. The van der Waals surface area contributed by atoms with Gasteiger partial charge in [0, 0.05) is 24.4 Å². The lowest BCUT2D eigenvalue weighted by Crippen LogP contribution is -2.58. The Kier molecular flexibility index (Phi) is 7.57. The molecule has 4 nitrogen and oxygen atoms in total. The molecule has 0 aliphatic heterocycles. The predicted molar refractivity (Wildman–Crippen MR) is 121 cm³/mol. The SMILES string of the molecule is C.CC.COC1CC2(C)C(C(=O)CO)CCC2C2C[C@H](C)C3=CC(=O)C=CC3(C)[C@@H]12. The van der Waals surface area contributed by atoms with E-state index in [1.807, 2.05) is 19.9 Å². The second-order valence-corrected chi connectivity index (χ2v) is 9.79. The van der Waals surface area contributed by atoms with Crippen molar-refractivity contribution in [2.75, 3.05) is 13.7 Å². The largest absolute Gasteiger partial charge is 0.389 e. The van der Waals surface area contributed by atoms with Crippen LogP contribution in [0.2, 0.25) is 0 Å². The van der Waals surface area contributed by atoms with Crippen LogP contribution in [0.1, 0.15) is 67.7 Å². The second-order valence-electron chi connectivity index (χ2n) is 9.79. The highest BCUT2D eigenvalue weighted by Crippen LogP contribution is 2.67. The molecular formula is C26H42O4. The fraction of sp³-hybridized carbons (Fsp3) is 0.769. The van der Waals surface area contributed by atoms with E-state index in [4.69, 9.17) is 4.74 Å². The van der Waals surface area contributed by atoms with Gasteiger partial charge in [0.2, 0.25) is 0 Å². The van der Waals surface area contributed by atoms with E-state index < -0.39 is 0 Å². The number of hydrogen-bond donors (Lipinski definition) is 1. The molecule has 1 N–H and O–H groups in total. The molecule has 8 atom stereocenters. The van der Waals surface area contributed by atoms with Crippen molar-refractivity contribution in [1.29, 1.82) is 0 Å². The van der Waals surface area contributed by atoms with Crippen molar-refractivity contribution in [3.8, 4) is 0 Å². The van der Waals surface area contributed by atoms with Gasteiger partial charge in [-0.25, -0.2) is 0 Å². The number of aliphatic hydroxyl groups is 1. The minimum Gasteiger partial charge on any atom is -0.389 e. The summed E-state index contributed by atoms with van der Waals surface area (Å²) in [7, 11) is 1.78. The molecule has 0 bridgehead atoms. The lowest BCUT2D eigenvalue weighted by molar-refractivity contribution is -0.148. The number of aliphatic hydroxyl groups excluding tert-OH is 1. The minimum atomic E-state index is -0.357. The molecule has 4 aliphatic rings. The maximum Gasteiger partial charge on any atom is 0.178 e. The molecule has 0 aromatic carbocycles. The van der Waals surface area contributed by atoms with E-state index in [9.17, 15) is 14.7 Å². The molecule has 6 unspecified atom stereocenters. The molecule has 170 valence electrons.